The van der Waals surface area contributed by atoms with Gasteiger partial charge in [-0.2, -0.15) is 0 Å². The van der Waals surface area contributed by atoms with Gasteiger partial charge < -0.3 is 10.0 Å². The molecule has 0 bridgehead atoms. The maximum atomic E-state index is 12.5. The van der Waals surface area contributed by atoms with Gasteiger partial charge in [-0.3, -0.25) is 0 Å². The molecule has 0 spiro atoms. The molecule has 1 heterocycles. The molecule has 0 radical (unpaired) electrons. The number of hydrogen-bond acceptors (Lipinski definition) is 2. The summed E-state index contributed by atoms with van der Waals surface area (Å²) < 4.78 is 0. The quantitative estimate of drug-likeness (QED) is 0.470. The van der Waals surface area contributed by atoms with Crippen LogP contribution in [0.4, 0.5) is 0 Å². The summed E-state index contributed by atoms with van der Waals surface area (Å²) in [4.78, 5) is 2.74. The first kappa shape index (κ1) is 25.1. The highest BCUT2D eigenvalue weighted by molar-refractivity contribution is 5.19. The molecule has 31 heavy (non-hydrogen) atoms. The molecule has 0 amide bonds. The molecular formula is C29H53NO. The van der Waals surface area contributed by atoms with Crippen LogP contribution in [0, 0.1) is 11.8 Å². The molecule has 1 fully saturated rings. The van der Waals surface area contributed by atoms with Crippen molar-refractivity contribution >= 4 is 0 Å². The Morgan fingerprint density at radius 3 is 2.10 bits per heavy atom. The number of allylic oxidation sites excluding steroid dienone is 2. The Balaban J connectivity index is 2.08. The highest BCUT2D eigenvalue weighted by Crippen LogP contribution is 2.44. The van der Waals surface area contributed by atoms with Gasteiger partial charge in [-0.1, -0.05) is 84.1 Å². The lowest BCUT2D eigenvalue weighted by atomic mass is 9.79. The Morgan fingerprint density at radius 2 is 1.39 bits per heavy atom. The van der Waals surface area contributed by atoms with Gasteiger partial charge in [-0.05, 0) is 82.5 Å². The van der Waals surface area contributed by atoms with E-state index in [0.717, 1.165) is 25.2 Å². The van der Waals surface area contributed by atoms with Crippen molar-refractivity contribution < 1.29 is 5.11 Å². The molecule has 0 saturated heterocycles. The van der Waals surface area contributed by atoms with Gasteiger partial charge in [0.25, 0.3) is 0 Å². The van der Waals surface area contributed by atoms with E-state index in [2.05, 4.69) is 25.7 Å². The minimum Gasteiger partial charge on any atom is -0.371 e. The second-order valence-corrected chi connectivity index (χ2v) is 11.6. The van der Waals surface area contributed by atoms with E-state index in [1.807, 2.05) is 0 Å². The van der Waals surface area contributed by atoms with Gasteiger partial charge >= 0.3 is 0 Å². The van der Waals surface area contributed by atoms with E-state index < -0.39 is 5.72 Å². The van der Waals surface area contributed by atoms with E-state index in [9.17, 15) is 5.11 Å². The SMILES string of the molecule is CCCC(O)(CC(C)C)N1/C2=C(/CCCCCCC2)CCCC2CCCCCCCC21. The Kier molecular flexibility index (Phi) is 10.3. The average Bonchev–Trinajstić information content (AvgIpc) is 2.88. The predicted molar refractivity (Wildman–Crippen MR) is 134 cm³/mol. The lowest BCUT2D eigenvalue weighted by Crippen LogP contribution is -2.56. The minimum absolute atomic E-state index is 0.525. The molecule has 0 aromatic heterocycles. The fourth-order valence-corrected chi connectivity index (χ4v) is 7.15. The van der Waals surface area contributed by atoms with Crippen molar-refractivity contribution in [3.63, 3.8) is 0 Å². The highest BCUT2D eigenvalue weighted by atomic mass is 16.3. The summed E-state index contributed by atoms with van der Waals surface area (Å²) in [6.07, 6.45) is 25.9. The summed E-state index contributed by atoms with van der Waals surface area (Å²) in [5, 5.41) is 12.5. The molecule has 180 valence electrons. The molecule has 3 atom stereocenters. The number of nitrogens with zero attached hydrogens (tertiary/aromatic N) is 1. The maximum Gasteiger partial charge on any atom is 0.138 e. The van der Waals surface area contributed by atoms with Gasteiger partial charge in [-0.25, -0.2) is 0 Å². The normalized spacial score (nSPS) is 31.5. The standard InChI is InChI=1S/C29H53NO/c1-4-22-29(31,23-24(2)3)30-27-20-13-9-5-7-11-16-25(27)18-15-19-26-17-12-8-6-10-14-21-28(26)30/h24-25,27,31H,4-23H2,1-3H3/b28-26-. The van der Waals surface area contributed by atoms with E-state index in [1.165, 1.54) is 109 Å². The zero-order chi connectivity index (χ0) is 22.1. The number of fused-ring (bicyclic) bond motifs is 1. The Bertz CT molecular complexity index is 553. The number of rotatable bonds is 5. The van der Waals surface area contributed by atoms with Crippen LogP contribution in [0.15, 0.2) is 11.3 Å². The zero-order valence-corrected chi connectivity index (χ0v) is 21.3. The van der Waals surface area contributed by atoms with Crippen molar-refractivity contribution in [2.75, 3.05) is 0 Å². The molecule has 3 rings (SSSR count). The van der Waals surface area contributed by atoms with Crippen molar-refractivity contribution in [1.29, 1.82) is 0 Å². The van der Waals surface area contributed by atoms with Gasteiger partial charge in [0.15, 0.2) is 0 Å². The molecule has 0 aromatic carbocycles. The van der Waals surface area contributed by atoms with E-state index in [0.29, 0.717) is 12.0 Å². The molecule has 1 N–H and O–H groups in total. The minimum atomic E-state index is -0.661. The lowest BCUT2D eigenvalue weighted by Gasteiger charge is -2.52. The van der Waals surface area contributed by atoms with Gasteiger partial charge in [0.05, 0.1) is 0 Å². The Hall–Kier alpha value is -0.500. The van der Waals surface area contributed by atoms with Crippen LogP contribution in [0.2, 0.25) is 0 Å². The monoisotopic (exact) mass is 431 g/mol. The second-order valence-electron chi connectivity index (χ2n) is 11.6. The average molecular weight is 432 g/mol. The van der Waals surface area contributed by atoms with Crippen LogP contribution in [-0.2, 0) is 0 Å². The van der Waals surface area contributed by atoms with E-state index >= 15 is 0 Å². The first-order valence-corrected chi connectivity index (χ1v) is 14.3. The Labute approximate surface area is 194 Å². The van der Waals surface area contributed by atoms with Crippen LogP contribution in [0.25, 0.3) is 0 Å². The van der Waals surface area contributed by atoms with Crippen molar-refractivity contribution in [3.05, 3.63) is 11.3 Å². The highest BCUT2D eigenvalue weighted by Gasteiger charge is 2.43. The molecule has 2 nitrogen and oxygen atoms in total. The predicted octanol–water partition coefficient (Wildman–Crippen LogP) is 8.73. The molecule has 0 aromatic rings. The fraction of sp³-hybridized carbons (Fsp3) is 0.931. The molecular weight excluding hydrogens is 378 g/mol. The third kappa shape index (κ3) is 6.99. The van der Waals surface area contributed by atoms with Crippen LogP contribution < -0.4 is 0 Å². The topological polar surface area (TPSA) is 23.5 Å². The number of aliphatic hydroxyl groups is 1. The van der Waals surface area contributed by atoms with Crippen molar-refractivity contribution in [3.8, 4) is 0 Å². The molecule has 3 unspecified atom stereocenters. The smallest absolute Gasteiger partial charge is 0.138 e. The van der Waals surface area contributed by atoms with Crippen LogP contribution in [0.1, 0.15) is 149 Å². The van der Waals surface area contributed by atoms with E-state index in [1.54, 1.807) is 11.3 Å². The largest absolute Gasteiger partial charge is 0.371 e. The van der Waals surface area contributed by atoms with Crippen molar-refractivity contribution in [2.24, 2.45) is 11.8 Å². The fourth-order valence-electron chi connectivity index (χ4n) is 7.15. The summed E-state index contributed by atoms with van der Waals surface area (Å²) in [5.74, 6) is 1.30. The van der Waals surface area contributed by atoms with Gasteiger partial charge in [0.2, 0.25) is 0 Å². The molecule has 3 aliphatic rings. The molecule has 2 aliphatic carbocycles. The third-order valence-corrected chi connectivity index (χ3v) is 8.43. The summed E-state index contributed by atoms with van der Waals surface area (Å²) in [7, 11) is 0. The summed E-state index contributed by atoms with van der Waals surface area (Å²) in [6.45, 7) is 6.89. The van der Waals surface area contributed by atoms with Gasteiger partial charge in [-0.15, -0.1) is 0 Å². The van der Waals surface area contributed by atoms with Crippen molar-refractivity contribution in [2.45, 2.75) is 161 Å². The first-order chi connectivity index (χ1) is 15.0. The summed E-state index contributed by atoms with van der Waals surface area (Å²) in [6, 6.07) is 0.555. The van der Waals surface area contributed by atoms with E-state index in [-0.39, 0.29) is 0 Å². The molecule has 2 heteroatoms. The van der Waals surface area contributed by atoms with Crippen LogP contribution in [0.3, 0.4) is 0 Å². The van der Waals surface area contributed by atoms with Crippen LogP contribution >= 0.6 is 0 Å². The Morgan fingerprint density at radius 1 is 0.806 bits per heavy atom. The molecule has 1 aliphatic heterocycles. The zero-order valence-electron chi connectivity index (χ0n) is 21.3. The molecule has 1 saturated carbocycles. The van der Waals surface area contributed by atoms with E-state index in [4.69, 9.17) is 0 Å². The van der Waals surface area contributed by atoms with Crippen LogP contribution in [-0.4, -0.2) is 21.8 Å². The third-order valence-electron chi connectivity index (χ3n) is 8.43. The first-order valence-electron chi connectivity index (χ1n) is 14.3. The summed E-state index contributed by atoms with van der Waals surface area (Å²) in [5.41, 5.74) is 2.69. The van der Waals surface area contributed by atoms with Gasteiger partial charge in [0.1, 0.15) is 5.72 Å². The maximum absolute atomic E-state index is 12.5. The second kappa shape index (κ2) is 12.7. The van der Waals surface area contributed by atoms with Gasteiger partial charge in [0, 0.05) is 11.7 Å². The lowest BCUT2D eigenvalue weighted by molar-refractivity contribution is -0.142. The number of hydrogen-bond donors (Lipinski definition) is 1. The van der Waals surface area contributed by atoms with Crippen molar-refractivity contribution in [1.82, 2.24) is 4.90 Å². The summed E-state index contributed by atoms with van der Waals surface area (Å²) >= 11 is 0. The van der Waals surface area contributed by atoms with Crippen LogP contribution in [0.5, 0.6) is 0 Å².